The lowest BCUT2D eigenvalue weighted by atomic mass is 9.93. The van der Waals surface area contributed by atoms with Gasteiger partial charge in [-0.05, 0) is 73.9 Å². The minimum Gasteiger partial charge on any atom is -0.460 e. The molecule has 0 N–H and O–H groups in total. The fraction of sp³-hybridized carbons (Fsp3) is 0.423. The number of benzene rings is 2. The topological polar surface area (TPSA) is 39.4 Å². The van der Waals surface area contributed by atoms with E-state index in [4.69, 9.17) is 9.15 Å². The fourth-order valence-electron chi connectivity index (χ4n) is 3.97. The first kappa shape index (κ1) is 25.2. The van der Waals surface area contributed by atoms with Crippen molar-refractivity contribution >= 4 is 28.7 Å². The van der Waals surface area contributed by atoms with Crippen molar-refractivity contribution < 1.29 is 27.1 Å². The predicted molar refractivity (Wildman–Crippen MR) is 126 cm³/mol. The quantitative estimate of drug-likeness (QED) is 0.176. The Hall–Kier alpha value is -2.41. The molecule has 0 radical (unpaired) electrons. The zero-order chi connectivity index (χ0) is 24.2. The molecule has 7 heteroatoms. The van der Waals surface area contributed by atoms with Crippen LogP contribution in [0.2, 0.25) is 0 Å². The molecule has 1 atom stereocenters. The van der Waals surface area contributed by atoms with Crippen molar-refractivity contribution in [1.29, 1.82) is 0 Å². The molecule has 3 rings (SSSR count). The van der Waals surface area contributed by atoms with Gasteiger partial charge in [0.1, 0.15) is 17.1 Å². The highest BCUT2D eigenvalue weighted by Gasteiger charge is 2.31. The molecule has 33 heavy (non-hydrogen) atoms. The number of hydrogen-bond donors (Lipinski definition) is 0. The Morgan fingerprint density at radius 1 is 1.12 bits per heavy atom. The molecular formula is C26H29F3O3S. The molecule has 2 aromatic carbocycles. The third-order valence-electron chi connectivity index (χ3n) is 5.71. The largest absolute Gasteiger partial charge is 0.460 e. The Balaban J connectivity index is 1.76. The predicted octanol–water partition coefficient (Wildman–Crippen LogP) is 8.45. The molecule has 0 saturated carbocycles. The van der Waals surface area contributed by atoms with E-state index >= 15 is 0 Å². The van der Waals surface area contributed by atoms with Crippen LogP contribution in [-0.2, 0) is 11.0 Å². The van der Waals surface area contributed by atoms with Crippen molar-refractivity contribution in [3.63, 3.8) is 0 Å². The number of carbonyl (C=O) groups excluding carboxylic acids is 1. The summed E-state index contributed by atoms with van der Waals surface area (Å²) >= 11 is 1.71. The van der Waals surface area contributed by atoms with Gasteiger partial charge in [0.25, 0.3) is 0 Å². The number of halogens is 3. The summed E-state index contributed by atoms with van der Waals surface area (Å²) in [6.45, 7) is 7.33. The summed E-state index contributed by atoms with van der Waals surface area (Å²) in [5, 5.41) is 0.740. The number of thioether (sulfide) groups is 1. The lowest BCUT2D eigenvalue weighted by molar-refractivity contribution is -0.137. The van der Waals surface area contributed by atoms with Crippen molar-refractivity contribution in [3.8, 4) is 5.75 Å². The number of ether oxygens (including phenoxy) is 1. The van der Waals surface area contributed by atoms with E-state index in [1.807, 2.05) is 26.0 Å². The molecule has 3 aromatic rings. The zero-order valence-corrected chi connectivity index (χ0v) is 20.2. The van der Waals surface area contributed by atoms with Crippen molar-refractivity contribution in [2.24, 2.45) is 0 Å². The molecule has 178 valence electrons. The van der Waals surface area contributed by atoms with Gasteiger partial charge in [-0.1, -0.05) is 25.8 Å². The SMILES string of the molecule is CCCCC(CCSc1ccc(OC(C)=O)c(C)c1)c1oc2cc(C(F)(F)F)ccc2c1C. The summed E-state index contributed by atoms with van der Waals surface area (Å²) < 4.78 is 50.6. The van der Waals surface area contributed by atoms with E-state index in [2.05, 4.69) is 6.92 Å². The van der Waals surface area contributed by atoms with E-state index in [-0.39, 0.29) is 11.9 Å². The minimum atomic E-state index is -4.39. The first-order valence-corrected chi connectivity index (χ1v) is 12.1. The number of hydrogen-bond acceptors (Lipinski definition) is 4. The highest BCUT2D eigenvalue weighted by atomic mass is 32.2. The van der Waals surface area contributed by atoms with E-state index < -0.39 is 11.7 Å². The lowest BCUT2D eigenvalue weighted by Gasteiger charge is -2.15. The van der Waals surface area contributed by atoms with Gasteiger partial charge in [-0.25, -0.2) is 0 Å². The number of alkyl halides is 3. The van der Waals surface area contributed by atoms with Crippen molar-refractivity contribution in [3.05, 3.63) is 58.8 Å². The third kappa shape index (κ3) is 6.34. The smallest absolute Gasteiger partial charge is 0.416 e. The molecule has 0 spiro atoms. The summed E-state index contributed by atoms with van der Waals surface area (Å²) in [4.78, 5) is 12.3. The number of esters is 1. The minimum absolute atomic E-state index is 0.139. The maximum Gasteiger partial charge on any atom is 0.416 e. The summed E-state index contributed by atoms with van der Waals surface area (Å²) in [7, 11) is 0. The van der Waals surface area contributed by atoms with Gasteiger partial charge in [-0.2, -0.15) is 13.2 Å². The number of furan rings is 1. The van der Waals surface area contributed by atoms with Crippen molar-refractivity contribution in [1.82, 2.24) is 0 Å². The van der Waals surface area contributed by atoms with Crippen molar-refractivity contribution in [2.75, 3.05) is 5.75 Å². The molecule has 0 amide bonds. The van der Waals surface area contributed by atoms with Crippen LogP contribution in [-0.4, -0.2) is 11.7 Å². The number of fused-ring (bicyclic) bond motifs is 1. The van der Waals surface area contributed by atoms with Gasteiger partial charge in [-0.3, -0.25) is 4.79 Å². The van der Waals surface area contributed by atoms with Gasteiger partial charge in [0, 0.05) is 23.1 Å². The highest BCUT2D eigenvalue weighted by molar-refractivity contribution is 7.99. The molecule has 3 nitrogen and oxygen atoms in total. The number of carbonyl (C=O) groups is 1. The second-order valence-electron chi connectivity index (χ2n) is 8.30. The second kappa shape index (κ2) is 10.7. The standard InChI is InChI=1S/C26H29F3O3S/c1-5-6-7-19(12-13-33-21-9-11-23(16(2)14-21)31-18(4)30)25-17(3)22-10-8-20(26(27,28)29)15-24(22)32-25/h8-11,14-15,19H,5-7,12-13H2,1-4H3. The van der Waals surface area contributed by atoms with E-state index in [1.165, 1.54) is 13.0 Å². The molecule has 0 saturated heterocycles. The Labute approximate surface area is 196 Å². The van der Waals surface area contributed by atoms with Crippen LogP contribution < -0.4 is 4.74 Å². The van der Waals surface area contributed by atoms with E-state index in [1.54, 1.807) is 17.8 Å². The normalized spacial score (nSPS) is 12.8. The maximum atomic E-state index is 13.1. The fourth-order valence-corrected chi connectivity index (χ4v) is 5.03. The number of aryl methyl sites for hydroxylation is 2. The molecule has 0 aliphatic heterocycles. The maximum absolute atomic E-state index is 13.1. The first-order valence-electron chi connectivity index (χ1n) is 11.1. The van der Waals surface area contributed by atoms with E-state index in [0.717, 1.165) is 70.7 Å². The van der Waals surface area contributed by atoms with Gasteiger partial charge >= 0.3 is 12.1 Å². The average Bonchev–Trinajstić information content (AvgIpc) is 3.07. The Kier molecular flexibility index (Phi) is 8.16. The number of rotatable bonds is 9. The van der Waals surface area contributed by atoms with Gasteiger partial charge in [-0.15, -0.1) is 11.8 Å². The van der Waals surface area contributed by atoms with Crippen LogP contribution >= 0.6 is 11.8 Å². The average molecular weight is 479 g/mol. The van der Waals surface area contributed by atoms with E-state index in [9.17, 15) is 18.0 Å². The Morgan fingerprint density at radius 2 is 1.88 bits per heavy atom. The Bertz CT molecular complexity index is 1120. The molecule has 1 aromatic heterocycles. The molecule has 0 fully saturated rings. The number of unbranched alkanes of at least 4 members (excludes halogenated alkanes) is 1. The summed E-state index contributed by atoms with van der Waals surface area (Å²) in [5.41, 5.74) is 1.42. The Morgan fingerprint density at radius 3 is 2.52 bits per heavy atom. The van der Waals surface area contributed by atoms with Gasteiger partial charge in [0.05, 0.1) is 5.56 Å². The van der Waals surface area contributed by atoms with Crippen LogP contribution in [0.25, 0.3) is 11.0 Å². The van der Waals surface area contributed by atoms with E-state index in [0.29, 0.717) is 11.3 Å². The first-order chi connectivity index (χ1) is 15.6. The lowest BCUT2D eigenvalue weighted by Crippen LogP contribution is -2.03. The van der Waals surface area contributed by atoms with Crippen LogP contribution in [0.3, 0.4) is 0 Å². The van der Waals surface area contributed by atoms with Crippen LogP contribution in [0.15, 0.2) is 45.7 Å². The summed E-state index contributed by atoms with van der Waals surface area (Å²) in [6, 6.07) is 9.46. The molecular weight excluding hydrogens is 449 g/mol. The summed E-state index contributed by atoms with van der Waals surface area (Å²) in [5.74, 6) is 1.98. The molecule has 1 heterocycles. The zero-order valence-electron chi connectivity index (χ0n) is 19.3. The van der Waals surface area contributed by atoms with Crippen LogP contribution in [0.1, 0.15) is 67.9 Å². The molecule has 0 aliphatic carbocycles. The molecule has 0 bridgehead atoms. The summed E-state index contributed by atoms with van der Waals surface area (Å²) in [6.07, 6.45) is -0.555. The third-order valence-corrected chi connectivity index (χ3v) is 6.74. The van der Waals surface area contributed by atoms with Crippen molar-refractivity contribution in [2.45, 2.75) is 70.4 Å². The van der Waals surface area contributed by atoms with Gasteiger partial charge in [0.2, 0.25) is 0 Å². The van der Waals surface area contributed by atoms with Gasteiger partial charge < -0.3 is 9.15 Å². The van der Waals surface area contributed by atoms with Crippen LogP contribution in [0, 0.1) is 13.8 Å². The van der Waals surface area contributed by atoms with Crippen LogP contribution in [0.4, 0.5) is 13.2 Å². The monoisotopic (exact) mass is 478 g/mol. The molecule has 0 aliphatic rings. The highest BCUT2D eigenvalue weighted by Crippen LogP contribution is 2.39. The van der Waals surface area contributed by atoms with Gasteiger partial charge in [0.15, 0.2) is 0 Å². The van der Waals surface area contributed by atoms with Crippen LogP contribution in [0.5, 0.6) is 5.75 Å². The molecule has 1 unspecified atom stereocenters. The second-order valence-corrected chi connectivity index (χ2v) is 9.47.